The Morgan fingerprint density at radius 1 is 0.909 bits per heavy atom. The van der Waals surface area contributed by atoms with Gasteiger partial charge in [-0.1, -0.05) is 80.2 Å². The number of para-hydroxylation sites is 1. The average molecular weight is 300 g/mol. The standard InChI is InChI=1S/C21H33N/c1-14(19(4,5)6)21(15(2)20(7,8)9)16(3)22-18-13-11-10-12-17(18)21/h10-15,22H,3H2,1-2,4-9H3. The number of nitrogens with one attached hydrogen (secondary N) is 1. The highest BCUT2D eigenvalue weighted by molar-refractivity contribution is 5.69. The molecule has 0 radical (unpaired) electrons. The molecule has 0 aliphatic carbocycles. The van der Waals surface area contributed by atoms with Gasteiger partial charge in [0.25, 0.3) is 0 Å². The van der Waals surface area contributed by atoms with E-state index in [1.165, 1.54) is 16.9 Å². The summed E-state index contributed by atoms with van der Waals surface area (Å²) in [5.41, 5.74) is 4.21. The first-order valence-corrected chi connectivity index (χ1v) is 8.49. The fraction of sp³-hybridized carbons (Fsp3) is 0.619. The molecule has 22 heavy (non-hydrogen) atoms. The summed E-state index contributed by atoms with van der Waals surface area (Å²) in [7, 11) is 0. The lowest BCUT2D eigenvalue weighted by Crippen LogP contribution is -2.49. The van der Waals surface area contributed by atoms with Crippen molar-refractivity contribution in [1.82, 2.24) is 0 Å². The van der Waals surface area contributed by atoms with Crippen molar-refractivity contribution >= 4 is 5.69 Å². The van der Waals surface area contributed by atoms with E-state index in [9.17, 15) is 0 Å². The third-order valence-corrected chi connectivity index (χ3v) is 6.12. The molecule has 1 heteroatoms. The lowest BCUT2D eigenvalue weighted by molar-refractivity contribution is 0.0672. The van der Waals surface area contributed by atoms with Crippen molar-refractivity contribution < 1.29 is 0 Å². The molecule has 0 aromatic heterocycles. The lowest BCUT2D eigenvalue weighted by Gasteiger charge is -2.51. The van der Waals surface area contributed by atoms with E-state index < -0.39 is 0 Å². The summed E-state index contributed by atoms with van der Waals surface area (Å²) >= 11 is 0. The molecule has 1 aromatic carbocycles. The molecule has 2 atom stereocenters. The molecule has 1 aromatic rings. The van der Waals surface area contributed by atoms with Gasteiger partial charge in [0, 0.05) is 16.8 Å². The fourth-order valence-electron chi connectivity index (χ4n) is 4.11. The predicted molar refractivity (Wildman–Crippen MR) is 98.1 cm³/mol. The minimum Gasteiger partial charge on any atom is -0.358 e. The maximum absolute atomic E-state index is 4.48. The minimum absolute atomic E-state index is 0.0346. The Morgan fingerprint density at radius 2 is 1.36 bits per heavy atom. The van der Waals surface area contributed by atoms with Crippen LogP contribution in [0.5, 0.6) is 0 Å². The van der Waals surface area contributed by atoms with Crippen LogP contribution in [0.4, 0.5) is 5.69 Å². The largest absolute Gasteiger partial charge is 0.358 e. The maximum atomic E-state index is 4.48. The molecular weight excluding hydrogens is 266 g/mol. The summed E-state index contributed by atoms with van der Waals surface area (Å²) in [5.74, 6) is 0.968. The van der Waals surface area contributed by atoms with Gasteiger partial charge in [0.2, 0.25) is 0 Å². The summed E-state index contributed by atoms with van der Waals surface area (Å²) in [6.07, 6.45) is 0. The van der Waals surface area contributed by atoms with Gasteiger partial charge in [0.1, 0.15) is 0 Å². The van der Waals surface area contributed by atoms with E-state index in [1.54, 1.807) is 0 Å². The highest BCUT2D eigenvalue weighted by Crippen LogP contribution is 2.59. The van der Waals surface area contributed by atoms with Crippen LogP contribution in [-0.2, 0) is 5.41 Å². The van der Waals surface area contributed by atoms with Crippen molar-refractivity contribution in [3.63, 3.8) is 0 Å². The van der Waals surface area contributed by atoms with Crippen LogP contribution in [0.1, 0.15) is 61.0 Å². The number of allylic oxidation sites excluding steroid dienone is 1. The van der Waals surface area contributed by atoms with Gasteiger partial charge < -0.3 is 5.32 Å². The van der Waals surface area contributed by atoms with Crippen molar-refractivity contribution in [2.45, 2.75) is 60.8 Å². The maximum Gasteiger partial charge on any atom is 0.0428 e. The van der Waals surface area contributed by atoms with Gasteiger partial charge in [-0.25, -0.2) is 0 Å². The molecule has 0 saturated heterocycles. The predicted octanol–water partition coefficient (Wildman–Crippen LogP) is 6.23. The Morgan fingerprint density at radius 3 is 1.82 bits per heavy atom. The van der Waals surface area contributed by atoms with Crippen LogP contribution >= 0.6 is 0 Å². The van der Waals surface area contributed by atoms with Gasteiger partial charge in [-0.3, -0.25) is 0 Å². The van der Waals surface area contributed by atoms with Gasteiger partial charge in [0.15, 0.2) is 0 Å². The fourth-order valence-corrected chi connectivity index (χ4v) is 4.11. The Balaban J connectivity index is 2.75. The summed E-state index contributed by atoms with van der Waals surface area (Å²) < 4.78 is 0. The molecule has 1 aliphatic heterocycles. The number of hydrogen-bond acceptors (Lipinski definition) is 1. The highest BCUT2D eigenvalue weighted by atomic mass is 15.0. The number of benzene rings is 1. The third kappa shape index (κ3) is 2.39. The summed E-state index contributed by atoms with van der Waals surface area (Å²) in [6, 6.07) is 8.76. The molecule has 1 nitrogen and oxygen atoms in total. The average Bonchev–Trinajstić information content (AvgIpc) is 2.67. The Hall–Kier alpha value is -1.24. The third-order valence-electron chi connectivity index (χ3n) is 6.12. The molecule has 0 saturated carbocycles. The topological polar surface area (TPSA) is 12.0 Å². The molecular formula is C21H33N. The van der Waals surface area contributed by atoms with Crippen molar-refractivity contribution in [2.24, 2.45) is 22.7 Å². The summed E-state index contributed by atoms with van der Waals surface area (Å²) in [4.78, 5) is 0. The molecule has 0 fully saturated rings. The van der Waals surface area contributed by atoms with Crippen molar-refractivity contribution in [3.8, 4) is 0 Å². The molecule has 0 spiro atoms. The molecule has 2 rings (SSSR count). The van der Waals surface area contributed by atoms with Gasteiger partial charge in [0.05, 0.1) is 0 Å². The van der Waals surface area contributed by atoms with E-state index in [4.69, 9.17) is 0 Å². The van der Waals surface area contributed by atoms with Gasteiger partial charge in [-0.05, 0) is 34.3 Å². The molecule has 0 bridgehead atoms. The summed E-state index contributed by atoms with van der Waals surface area (Å²) in [5, 5.41) is 3.60. The normalized spacial score (nSPS) is 24.6. The Kier molecular flexibility index (Phi) is 4.00. The first-order chi connectivity index (χ1) is 9.93. The van der Waals surface area contributed by atoms with Crippen molar-refractivity contribution in [2.75, 3.05) is 5.32 Å². The Bertz CT molecular complexity index is 548. The first kappa shape index (κ1) is 17.1. The highest BCUT2D eigenvalue weighted by Gasteiger charge is 2.55. The van der Waals surface area contributed by atoms with E-state index in [0.29, 0.717) is 11.8 Å². The Labute approximate surface area is 137 Å². The van der Waals surface area contributed by atoms with Crippen LogP contribution in [-0.4, -0.2) is 0 Å². The SMILES string of the molecule is C=C1Nc2ccccc2C1(C(C)C(C)(C)C)C(C)C(C)(C)C. The van der Waals surface area contributed by atoms with Crippen LogP contribution in [0, 0.1) is 22.7 Å². The second-order valence-corrected chi connectivity index (χ2v) is 9.19. The number of anilines is 1. The molecule has 0 amide bonds. The molecule has 1 heterocycles. The van der Waals surface area contributed by atoms with E-state index in [2.05, 4.69) is 91.6 Å². The molecule has 2 unspecified atom stereocenters. The molecule has 1 N–H and O–H groups in total. The zero-order chi connectivity index (χ0) is 16.9. The number of fused-ring (bicyclic) bond motifs is 1. The second-order valence-electron chi connectivity index (χ2n) is 9.19. The lowest BCUT2D eigenvalue weighted by atomic mass is 9.52. The van der Waals surface area contributed by atoms with Crippen LogP contribution in [0.15, 0.2) is 36.5 Å². The van der Waals surface area contributed by atoms with Crippen LogP contribution in [0.25, 0.3) is 0 Å². The van der Waals surface area contributed by atoms with Gasteiger partial charge in [-0.2, -0.15) is 0 Å². The zero-order valence-corrected chi connectivity index (χ0v) is 15.7. The molecule has 122 valence electrons. The molecule has 1 aliphatic rings. The van der Waals surface area contributed by atoms with Gasteiger partial charge in [-0.15, -0.1) is 0 Å². The monoisotopic (exact) mass is 299 g/mol. The first-order valence-electron chi connectivity index (χ1n) is 8.49. The van der Waals surface area contributed by atoms with Gasteiger partial charge >= 0.3 is 0 Å². The quantitative estimate of drug-likeness (QED) is 0.682. The van der Waals surface area contributed by atoms with E-state index in [0.717, 1.165) is 0 Å². The second kappa shape index (κ2) is 5.15. The van der Waals surface area contributed by atoms with Crippen LogP contribution in [0.2, 0.25) is 0 Å². The zero-order valence-electron chi connectivity index (χ0n) is 15.7. The van der Waals surface area contributed by atoms with E-state index in [1.807, 2.05) is 0 Å². The van der Waals surface area contributed by atoms with Crippen LogP contribution in [0.3, 0.4) is 0 Å². The van der Waals surface area contributed by atoms with E-state index in [-0.39, 0.29) is 16.2 Å². The minimum atomic E-state index is -0.0346. The van der Waals surface area contributed by atoms with Crippen LogP contribution < -0.4 is 5.32 Å². The number of rotatable bonds is 2. The smallest absolute Gasteiger partial charge is 0.0428 e. The van der Waals surface area contributed by atoms with Crippen molar-refractivity contribution in [3.05, 3.63) is 42.1 Å². The van der Waals surface area contributed by atoms with Crippen molar-refractivity contribution in [1.29, 1.82) is 0 Å². The summed E-state index contributed by atoms with van der Waals surface area (Å²) in [6.45, 7) is 23.4. The number of hydrogen-bond donors (Lipinski definition) is 1. The van der Waals surface area contributed by atoms with E-state index >= 15 is 0 Å².